The van der Waals surface area contributed by atoms with Gasteiger partial charge in [0, 0.05) is 17.6 Å². The molecule has 1 atom stereocenters. The van der Waals surface area contributed by atoms with Crippen molar-refractivity contribution in [2.24, 2.45) is 5.92 Å². The molecule has 0 aromatic heterocycles. The number of carbonyl (C=O) groups excluding carboxylic acids is 1. The fourth-order valence-electron chi connectivity index (χ4n) is 1.79. The standard InChI is InChI=1S/C15H20FNO3/c1-10(14(19)20)9-17(15(2,3)4)13(18)11-6-5-7-12(16)8-11/h5-8,10H,9H2,1-4H3,(H,19,20). The highest BCUT2D eigenvalue weighted by Crippen LogP contribution is 2.20. The number of rotatable bonds is 4. The first-order chi connectivity index (χ1) is 9.12. The zero-order valence-corrected chi connectivity index (χ0v) is 12.2. The van der Waals surface area contributed by atoms with Crippen molar-refractivity contribution in [3.05, 3.63) is 35.6 Å². The van der Waals surface area contributed by atoms with Crippen LogP contribution in [0.1, 0.15) is 38.1 Å². The largest absolute Gasteiger partial charge is 0.481 e. The molecule has 20 heavy (non-hydrogen) atoms. The first-order valence-electron chi connectivity index (χ1n) is 6.43. The van der Waals surface area contributed by atoms with Crippen LogP contribution < -0.4 is 0 Å². The van der Waals surface area contributed by atoms with Crippen LogP contribution >= 0.6 is 0 Å². The molecule has 0 bridgehead atoms. The minimum Gasteiger partial charge on any atom is -0.481 e. The third-order valence-corrected chi connectivity index (χ3v) is 3.00. The van der Waals surface area contributed by atoms with Crippen LogP contribution in [0.5, 0.6) is 0 Å². The Hall–Kier alpha value is -1.91. The van der Waals surface area contributed by atoms with Gasteiger partial charge in [-0.1, -0.05) is 13.0 Å². The highest BCUT2D eigenvalue weighted by atomic mass is 19.1. The molecule has 0 aliphatic heterocycles. The molecule has 110 valence electrons. The van der Waals surface area contributed by atoms with Crippen molar-refractivity contribution in [2.75, 3.05) is 6.54 Å². The Labute approximate surface area is 118 Å². The van der Waals surface area contributed by atoms with Gasteiger partial charge in [-0.15, -0.1) is 0 Å². The Balaban J connectivity index is 3.06. The lowest BCUT2D eigenvalue weighted by Crippen LogP contribution is -2.48. The van der Waals surface area contributed by atoms with E-state index in [-0.39, 0.29) is 18.0 Å². The molecular weight excluding hydrogens is 261 g/mol. The molecule has 1 N–H and O–H groups in total. The topological polar surface area (TPSA) is 57.6 Å². The number of aliphatic carboxylic acids is 1. The van der Waals surface area contributed by atoms with Gasteiger partial charge in [0.2, 0.25) is 0 Å². The van der Waals surface area contributed by atoms with Crippen molar-refractivity contribution in [2.45, 2.75) is 33.2 Å². The molecule has 1 aromatic carbocycles. The highest BCUT2D eigenvalue weighted by Gasteiger charge is 2.30. The fraction of sp³-hybridized carbons (Fsp3) is 0.467. The van der Waals surface area contributed by atoms with Crippen molar-refractivity contribution in [3.8, 4) is 0 Å². The second-order valence-electron chi connectivity index (χ2n) is 5.84. The van der Waals surface area contributed by atoms with E-state index in [0.29, 0.717) is 0 Å². The van der Waals surface area contributed by atoms with Gasteiger partial charge >= 0.3 is 5.97 Å². The van der Waals surface area contributed by atoms with Crippen molar-refractivity contribution >= 4 is 11.9 Å². The first-order valence-corrected chi connectivity index (χ1v) is 6.43. The summed E-state index contributed by atoms with van der Waals surface area (Å²) < 4.78 is 13.2. The average Bonchev–Trinajstić information content (AvgIpc) is 2.33. The molecule has 0 aliphatic carbocycles. The minimum absolute atomic E-state index is 0.0776. The van der Waals surface area contributed by atoms with Crippen LogP contribution in [0, 0.1) is 11.7 Å². The third-order valence-electron chi connectivity index (χ3n) is 3.00. The van der Waals surface area contributed by atoms with Gasteiger partial charge < -0.3 is 10.0 Å². The number of hydrogen-bond donors (Lipinski definition) is 1. The lowest BCUT2D eigenvalue weighted by Gasteiger charge is -2.37. The molecule has 1 rings (SSSR count). The molecule has 1 unspecified atom stereocenters. The number of hydrogen-bond acceptors (Lipinski definition) is 2. The maximum absolute atomic E-state index is 13.2. The van der Waals surface area contributed by atoms with Crippen LogP contribution in [0.4, 0.5) is 4.39 Å². The average molecular weight is 281 g/mol. The monoisotopic (exact) mass is 281 g/mol. The van der Waals surface area contributed by atoms with Gasteiger partial charge in [0.15, 0.2) is 0 Å². The molecule has 0 spiro atoms. The highest BCUT2D eigenvalue weighted by molar-refractivity contribution is 5.95. The second kappa shape index (κ2) is 6.03. The smallest absolute Gasteiger partial charge is 0.308 e. The van der Waals surface area contributed by atoms with Gasteiger partial charge in [-0.2, -0.15) is 0 Å². The SMILES string of the molecule is CC(CN(C(=O)c1cccc(F)c1)C(C)(C)C)C(=O)O. The van der Waals surface area contributed by atoms with Crippen LogP contribution in [0.15, 0.2) is 24.3 Å². The lowest BCUT2D eigenvalue weighted by atomic mass is 10.0. The van der Waals surface area contributed by atoms with E-state index in [9.17, 15) is 14.0 Å². The van der Waals surface area contributed by atoms with Crippen molar-refractivity contribution < 1.29 is 19.1 Å². The summed E-state index contributed by atoms with van der Waals surface area (Å²) in [6, 6.07) is 5.41. The third kappa shape index (κ3) is 4.05. The normalized spacial score (nSPS) is 12.8. The molecule has 0 heterocycles. The molecule has 0 aliphatic rings. The quantitative estimate of drug-likeness (QED) is 0.923. The summed E-state index contributed by atoms with van der Waals surface area (Å²) in [6.07, 6.45) is 0. The van der Waals surface area contributed by atoms with E-state index < -0.39 is 23.2 Å². The number of amides is 1. The number of halogens is 1. The first kappa shape index (κ1) is 16.1. The van der Waals surface area contributed by atoms with Crippen LogP contribution in [-0.4, -0.2) is 34.0 Å². The van der Waals surface area contributed by atoms with Gasteiger partial charge in [-0.05, 0) is 39.0 Å². The van der Waals surface area contributed by atoms with Gasteiger partial charge in [0.05, 0.1) is 5.92 Å². The van der Waals surface area contributed by atoms with E-state index in [2.05, 4.69) is 0 Å². The molecule has 0 saturated heterocycles. The second-order valence-corrected chi connectivity index (χ2v) is 5.84. The van der Waals surface area contributed by atoms with Gasteiger partial charge in [0.1, 0.15) is 5.82 Å². The molecule has 0 radical (unpaired) electrons. The summed E-state index contributed by atoms with van der Waals surface area (Å²) in [4.78, 5) is 24.9. The Kier molecular flexibility index (Phi) is 4.87. The number of nitrogens with zero attached hydrogens (tertiary/aromatic N) is 1. The zero-order valence-electron chi connectivity index (χ0n) is 12.2. The van der Waals surface area contributed by atoms with Gasteiger partial charge in [-0.3, -0.25) is 9.59 Å². The van der Waals surface area contributed by atoms with E-state index in [0.717, 1.165) is 6.07 Å². The maximum atomic E-state index is 13.2. The van der Waals surface area contributed by atoms with Crippen LogP contribution in [0.2, 0.25) is 0 Å². The maximum Gasteiger partial charge on any atom is 0.308 e. The lowest BCUT2D eigenvalue weighted by molar-refractivity contribution is -0.141. The molecule has 5 heteroatoms. The summed E-state index contributed by atoms with van der Waals surface area (Å²) >= 11 is 0. The van der Waals surface area contributed by atoms with E-state index in [1.165, 1.54) is 23.1 Å². The van der Waals surface area contributed by atoms with Crippen LogP contribution in [-0.2, 0) is 4.79 Å². The molecule has 1 amide bonds. The Morgan fingerprint density at radius 2 is 1.95 bits per heavy atom. The predicted octanol–water partition coefficient (Wildman–Crippen LogP) is 2.79. The summed E-state index contributed by atoms with van der Waals surface area (Å²) in [5, 5.41) is 9.00. The van der Waals surface area contributed by atoms with E-state index in [1.807, 2.05) is 20.8 Å². The minimum atomic E-state index is -0.966. The molecule has 0 saturated carbocycles. The molecular formula is C15H20FNO3. The zero-order chi connectivity index (χ0) is 15.5. The summed E-state index contributed by atoms with van der Waals surface area (Å²) in [5.74, 6) is -2.51. The van der Waals surface area contributed by atoms with E-state index >= 15 is 0 Å². The number of carboxylic acids is 1. The molecule has 0 fully saturated rings. The van der Waals surface area contributed by atoms with Gasteiger partial charge in [-0.25, -0.2) is 4.39 Å². The molecule has 4 nitrogen and oxygen atoms in total. The number of carbonyl (C=O) groups is 2. The number of benzene rings is 1. The van der Waals surface area contributed by atoms with Crippen molar-refractivity contribution in [1.82, 2.24) is 4.90 Å². The Morgan fingerprint density at radius 3 is 2.40 bits per heavy atom. The fourth-order valence-corrected chi connectivity index (χ4v) is 1.79. The molecule has 1 aromatic rings. The summed E-state index contributed by atoms with van der Waals surface area (Å²) in [6.45, 7) is 7.07. The van der Waals surface area contributed by atoms with E-state index in [4.69, 9.17) is 5.11 Å². The van der Waals surface area contributed by atoms with Gasteiger partial charge in [0.25, 0.3) is 5.91 Å². The predicted molar refractivity (Wildman–Crippen MR) is 74.0 cm³/mol. The van der Waals surface area contributed by atoms with Crippen LogP contribution in [0.3, 0.4) is 0 Å². The van der Waals surface area contributed by atoms with Crippen molar-refractivity contribution in [1.29, 1.82) is 0 Å². The van der Waals surface area contributed by atoms with Crippen LogP contribution in [0.25, 0.3) is 0 Å². The summed E-state index contributed by atoms with van der Waals surface area (Å²) in [7, 11) is 0. The van der Waals surface area contributed by atoms with Crippen molar-refractivity contribution in [3.63, 3.8) is 0 Å². The Morgan fingerprint density at radius 1 is 1.35 bits per heavy atom. The number of carboxylic acid groups (broad SMARTS) is 1. The van der Waals surface area contributed by atoms with E-state index in [1.54, 1.807) is 6.92 Å². The Bertz CT molecular complexity index is 508. The summed E-state index contributed by atoms with van der Waals surface area (Å²) in [5.41, 5.74) is -0.329.